The second kappa shape index (κ2) is 4.66. The predicted octanol–water partition coefficient (Wildman–Crippen LogP) is 2.98. The van der Waals surface area contributed by atoms with Crippen molar-refractivity contribution in [2.75, 3.05) is 6.61 Å². The number of hydrogen-bond acceptors (Lipinski definition) is 3. The van der Waals surface area contributed by atoms with Crippen LogP contribution in [-0.4, -0.2) is 17.7 Å². The lowest BCUT2D eigenvalue weighted by Crippen LogP contribution is -2.05. The number of hydrogen-bond donors (Lipinski definition) is 1. The molecule has 0 spiro atoms. The molecular formula is C9H8BrClO3. The Hall–Kier alpha value is -0.740. The lowest BCUT2D eigenvalue weighted by molar-refractivity contribution is 0.0526. The lowest BCUT2D eigenvalue weighted by atomic mass is 10.2. The van der Waals surface area contributed by atoms with E-state index >= 15 is 0 Å². The van der Waals surface area contributed by atoms with Crippen LogP contribution in [-0.2, 0) is 4.74 Å². The second-order valence-corrected chi connectivity index (χ2v) is 3.80. The molecule has 0 saturated heterocycles. The molecular weight excluding hydrogens is 271 g/mol. The highest BCUT2D eigenvalue weighted by Crippen LogP contribution is 2.31. The van der Waals surface area contributed by atoms with Crippen molar-refractivity contribution >= 4 is 33.5 Å². The fraction of sp³-hybridized carbons (Fsp3) is 0.222. The van der Waals surface area contributed by atoms with E-state index in [2.05, 4.69) is 15.9 Å². The van der Waals surface area contributed by atoms with E-state index in [4.69, 9.17) is 16.3 Å². The molecule has 0 amide bonds. The number of phenols is 1. The molecule has 0 atom stereocenters. The molecule has 1 aromatic rings. The van der Waals surface area contributed by atoms with E-state index in [0.29, 0.717) is 4.47 Å². The smallest absolute Gasteiger partial charge is 0.339 e. The normalized spacial score (nSPS) is 9.93. The highest BCUT2D eigenvalue weighted by atomic mass is 79.9. The molecule has 0 saturated carbocycles. The summed E-state index contributed by atoms with van der Waals surface area (Å²) in [6, 6.07) is 2.91. The van der Waals surface area contributed by atoms with E-state index in [-0.39, 0.29) is 22.9 Å². The number of carbonyl (C=O) groups excluding carboxylic acids is 1. The maximum atomic E-state index is 11.3. The molecule has 14 heavy (non-hydrogen) atoms. The Kier molecular flexibility index (Phi) is 3.77. The van der Waals surface area contributed by atoms with Gasteiger partial charge < -0.3 is 9.84 Å². The van der Waals surface area contributed by atoms with Crippen molar-refractivity contribution < 1.29 is 14.6 Å². The second-order valence-electron chi connectivity index (χ2n) is 2.51. The predicted molar refractivity (Wildman–Crippen MR) is 56.8 cm³/mol. The molecule has 0 aliphatic heterocycles. The van der Waals surface area contributed by atoms with Gasteiger partial charge in [0.25, 0.3) is 0 Å². The minimum Gasteiger partial charge on any atom is -0.506 e. The zero-order chi connectivity index (χ0) is 10.7. The average molecular weight is 280 g/mol. The van der Waals surface area contributed by atoms with E-state index in [9.17, 15) is 9.90 Å². The number of rotatable bonds is 2. The summed E-state index contributed by atoms with van der Waals surface area (Å²) in [5, 5.41) is 9.33. The third-order valence-electron chi connectivity index (χ3n) is 1.51. The molecule has 1 aromatic carbocycles. The van der Waals surface area contributed by atoms with Gasteiger partial charge in [0, 0.05) is 4.47 Å². The van der Waals surface area contributed by atoms with E-state index < -0.39 is 5.97 Å². The van der Waals surface area contributed by atoms with E-state index in [1.165, 1.54) is 12.1 Å². The molecule has 0 bridgehead atoms. The Morgan fingerprint density at radius 3 is 2.86 bits per heavy atom. The summed E-state index contributed by atoms with van der Waals surface area (Å²) >= 11 is 8.86. The maximum Gasteiger partial charge on any atom is 0.339 e. The van der Waals surface area contributed by atoms with Gasteiger partial charge in [-0.3, -0.25) is 0 Å². The number of esters is 1. The summed E-state index contributed by atoms with van der Waals surface area (Å²) < 4.78 is 5.34. The van der Waals surface area contributed by atoms with E-state index in [1.807, 2.05) is 0 Å². The zero-order valence-corrected chi connectivity index (χ0v) is 9.72. The van der Waals surface area contributed by atoms with Gasteiger partial charge >= 0.3 is 5.97 Å². The Bertz CT molecular complexity index is 365. The third kappa shape index (κ3) is 2.39. The van der Waals surface area contributed by atoms with Gasteiger partial charge in [0.05, 0.1) is 17.2 Å². The molecule has 0 unspecified atom stereocenters. The number of phenolic OH excluding ortho intramolecular Hbond substituents is 1. The van der Waals surface area contributed by atoms with Crippen LogP contribution in [0.4, 0.5) is 0 Å². The van der Waals surface area contributed by atoms with Gasteiger partial charge in [0.15, 0.2) is 0 Å². The fourth-order valence-electron chi connectivity index (χ4n) is 0.932. The molecule has 0 fully saturated rings. The van der Waals surface area contributed by atoms with Crippen molar-refractivity contribution in [2.45, 2.75) is 6.92 Å². The van der Waals surface area contributed by atoms with E-state index in [1.54, 1.807) is 6.92 Å². The quantitative estimate of drug-likeness (QED) is 0.847. The first-order chi connectivity index (χ1) is 6.56. The molecule has 76 valence electrons. The van der Waals surface area contributed by atoms with Gasteiger partial charge in [-0.2, -0.15) is 0 Å². The van der Waals surface area contributed by atoms with Gasteiger partial charge in [-0.15, -0.1) is 0 Å². The third-order valence-corrected chi connectivity index (χ3v) is 2.37. The Labute approximate surface area is 94.8 Å². The standard InChI is InChI=1S/C9H8BrClO3/c1-2-14-9(13)6-3-5(10)4-7(12)8(6)11/h3-4,12H,2H2,1H3. The number of aromatic hydroxyl groups is 1. The van der Waals surface area contributed by atoms with Gasteiger partial charge in [0.2, 0.25) is 0 Å². The van der Waals surface area contributed by atoms with Crippen molar-refractivity contribution in [3.8, 4) is 5.75 Å². The highest BCUT2D eigenvalue weighted by molar-refractivity contribution is 9.10. The van der Waals surface area contributed by atoms with Crippen molar-refractivity contribution in [2.24, 2.45) is 0 Å². The first kappa shape index (κ1) is 11.3. The monoisotopic (exact) mass is 278 g/mol. The van der Waals surface area contributed by atoms with Gasteiger partial charge in [-0.05, 0) is 19.1 Å². The van der Waals surface area contributed by atoms with Crippen LogP contribution in [0.1, 0.15) is 17.3 Å². The van der Waals surface area contributed by atoms with Crippen LogP contribution in [0.15, 0.2) is 16.6 Å². The van der Waals surface area contributed by atoms with Crippen LogP contribution < -0.4 is 0 Å². The van der Waals surface area contributed by atoms with Crippen LogP contribution in [0, 0.1) is 0 Å². The largest absolute Gasteiger partial charge is 0.506 e. The zero-order valence-electron chi connectivity index (χ0n) is 7.38. The fourth-order valence-corrected chi connectivity index (χ4v) is 1.56. The molecule has 0 aliphatic carbocycles. The van der Waals surface area contributed by atoms with Crippen LogP contribution >= 0.6 is 27.5 Å². The molecule has 0 radical (unpaired) electrons. The minimum absolute atomic E-state index is 0.00616. The van der Waals surface area contributed by atoms with Gasteiger partial charge in [-0.25, -0.2) is 4.79 Å². The first-order valence-corrected chi connectivity index (χ1v) is 5.08. The highest BCUT2D eigenvalue weighted by Gasteiger charge is 2.15. The maximum absolute atomic E-state index is 11.3. The average Bonchev–Trinajstić information content (AvgIpc) is 2.11. The summed E-state index contributed by atoms with van der Waals surface area (Å²) in [5.74, 6) is -0.696. The van der Waals surface area contributed by atoms with Gasteiger partial charge in [-0.1, -0.05) is 27.5 Å². The Morgan fingerprint density at radius 2 is 2.29 bits per heavy atom. The topological polar surface area (TPSA) is 46.5 Å². The van der Waals surface area contributed by atoms with Crippen molar-refractivity contribution in [1.82, 2.24) is 0 Å². The van der Waals surface area contributed by atoms with Gasteiger partial charge in [0.1, 0.15) is 5.75 Å². The summed E-state index contributed by atoms with van der Waals surface area (Å²) in [6.07, 6.45) is 0. The van der Waals surface area contributed by atoms with Crippen LogP contribution in [0.5, 0.6) is 5.75 Å². The molecule has 1 rings (SSSR count). The first-order valence-electron chi connectivity index (χ1n) is 3.91. The van der Waals surface area contributed by atoms with Crippen LogP contribution in [0.3, 0.4) is 0 Å². The van der Waals surface area contributed by atoms with E-state index in [0.717, 1.165) is 0 Å². The Morgan fingerprint density at radius 1 is 1.64 bits per heavy atom. The molecule has 0 aliphatic rings. The van der Waals surface area contributed by atoms with Crippen molar-refractivity contribution in [1.29, 1.82) is 0 Å². The SMILES string of the molecule is CCOC(=O)c1cc(Br)cc(O)c1Cl. The van der Waals surface area contributed by atoms with Crippen LogP contribution in [0.2, 0.25) is 5.02 Å². The summed E-state index contributed by atoms with van der Waals surface area (Å²) in [5.41, 5.74) is 0.153. The number of carbonyl (C=O) groups is 1. The lowest BCUT2D eigenvalue weighted by Gasteiger charge is -2.05. The van der Waals surface area contributed by atoms with Crippen molar-refractivity contribution in [3.05, 3.63) is 27.2 Å². The molecule has 3 nitrogen and oxygen atoms in total. The summed E-state index contributed by atoms with van der Waals surface area (Å²) in [7, 11) is 0. The van der Waals surface area contributed by atoms with Crippen molar-refractivity contribution in [3.63, 3.8) is 0 Å². The molecule has 5 heteroatoms. The summed E-state index contributed by atoms with van der Waals surface area (Å²) in [6.45, 7) is 1.96. The number of ether oxygens (including phenoxy) is 1. The number of benzene rings is 1. The molecule has 1 N–H and O–H groups in total. The molecule has 0 aromatic heterocycles. The molecule has 0 heterocycles. The Balaban J connectivity index is 3.13. The van der Waals surface area contributed by atoms with Crippen LogP contribution in [0.25, 0.3) is 0 Å². The minimum atomic E-state index is -0.547. The summed E-state index contributed by atoms with van der Waals surface area (Å²) in [4.78, 5) is 11.3. The number of halogens is 2.